The maximum Gasteiger partial charge on any atom is 0.405 e. The molecule has 2 rings (SSSR count). The third-order valence-corrected chi connectivity index (χ3v) is 3.80. The molecule has 0 unspecified atom stereocenters. The fourth-order valence-electron chi connectivity index (χ4n) is 2.48. The van der Waals surface area contributed by atoms with Gasteiger partial charge in [-0.2, -0.15) is 13.2 Å². The number of nitrogens with one attached hydrogen (secondary N) is 1. The molecule has 1 N–H and O–H groups in total. The molecule has 0 atom stereocenters. The lowest BCUT2D eigenvalue weighted by molar-refractivity contribution is -0.140. The molecule has 0 saturated heterocycles. The molecule has 8 heteroatoms. The summed E-state index contributed by atoms with van der Waals surface area (Å²) in [7, 11) is 0. The van der Waals surface area contributed by atoms with E-state index in [9.17, 15) is 22.8 Å². The van der Waals surface area contributed by atoms with Crippen molar-refractivity contribution in [1.29, 1.82) is 0 Å². The summed E-state index contributed by atoms with van der Waals surface area (Å²) < 4.78 is 42.8. The SMILES string of the molecule is Cc1cc(C(=O)OCC(=O)NCC(F)(F)F)c(C)n1Cc1ccccc1. The Morgan fingerprint density at radius 3 is 2.42 bits per heavy atom. The van der Waals surface area contributed by atoms with Crippen LogP contribution >= 0.6 is 0 Å². The van der Waals surface area contributed by atoms with Crippen LogP contribution in [0.25, 0.3) is 0 Å². The Bertz CT molecular complexity index is 783. The average Bonchev–Trinajstić information content (AvgIpc) is 2.86. The van der Waals surface area contributed by atoms with E-state index < -0.39 is 31.2 Å². The number of esters is 1. The van der Waals surface area contributed by atoms with Gasteiger partial charge in [0.25, 0.3) is 5.91 Å². The normalized spacial score (nSPS) is 11.3. The van der Waals surface area contributed by atoms with Crippen LogP contribution in [0.2, 0.25) is 0 Å². The number of hydrogen-bond acceptors (Lipinski definition) is 3. The molecule has 0 fully saturated rings. The van der Waals surface area contributed by atoms with Gasteiger partial charge in [0.15, 0.2) is 6.61 Å². The minimum atomic E-state index is -4.51. The van der Waals surface area contributed by atoms with Crippen molar-refractivity contribution >= 4 is 11.9 Å². The molecule has 0 aliphatic rings. The predicted molar refractivity (Wildman–Crippen MR) is 88.8 cm³/mol. The fraction of sp³-hybridized carbons (Fsp3) is 0.333. The number of rotatable bonds is 6. The first-order valence-corrected chi connectivity index (χ1v) is 7.88. The molecule has 0 aliphatic carbocycles. The van der Waals surface area contributed by atoms with Crippen LogP contribution in [0, 0.1) is 13.8 Å². The quantitative estimate of drug-likeness (QED) is 0.798. The van der Waals surface area contributed by atoms with Crippen molar-refractivity contribution in [3.63, 3.8) is 0 Å². The minimum Gasteiger partial charge on any atom is -0.452 e. The molecule has 1 amide bonds. The molecule has 26 heavy (non-hydrogen) atoms. The van der Waals surface area contributed by atoms with Crippen LogP contribution in [0.5, 0.6) is 0 Å². The third kappa shape index (κ3) is 5.37. The van der Waals surface area contributed by atoms with Crippen LogP contribution in [-0.2, 0) is 16.1 Å². The summed E-state index contributed by atoms with van der Waals surface area (Å²) in [5.41, 5.74) is 2.83. The number of benzene rings is 1. The Kier molecular flexibility index (Phi) is 6.07. The smallest absolute Gasteiger partial charge is 0.405 e. The molecular weight excluding hydrogens is 349 g/mol. The Labute approximate surface area is 148 Å². The van der Waals surface area contributed by atoms with Crippen molar-refractivity contribution in [2.45, 2.75) is 26.6 Å². The lowest BCUT2D eigenvalue weighted by Gasteiger charge is -2.10. The molecule has 1 aromatic carbocycles. The van der Waals surface area contributed by atoms with Gasteiger partial charge < -0.3 is 14.6 Å². The lowest BCUT2D eigenvalue weighted by atomic mass is 10.2. The van der Waals surface area contributed by atoms with Gasteiger partial charge in [0.05, 0.1) is 5.56 Å². The number of alkyl halides is 3. The number of aromatic nitrogens is 1. The highest BCUT2D eigenvalue weighted by molar-refractivity contribution is 5.92. The average molecular weight is 368 g/mol. The van der Waals surface area contributed by atoms with Gasteiger partial charge in [0, 0.05) is 17.9 Å². The topological polar surface area (TPSA) is 60.3 Å². The summed E-state index contributed by atoms with van der Waals surface area (Å²) in [5.74, 6) is -1.76. The second-order valence-electron chi connectivity index (χ2n) is 5.82. The fourth-order valence-corrected chi connectivity index (χ4v) is 2.48. The second kappa shape index (κ2) is 8.07. The number of halogens is 3. The van der Waals surface area contributed by atoms with E-state index in [1.54, 1.807) is 18.3 Å². The molecule has 0 bridgehead atoms. The molecule has 0 aliphatic heterocycles. The molecule has 0 radical (unpaired) electrons. The first-order valence-electron chi connectivity index (χ1n) is 7.88. The molecule has 0 spiro atoms. The van der Waals surface area contributed by atoms with Crippen LogP contribution < -0.4 is 5.32 Å². The Morgan fingerprint density at radius 1 is 1.15 bits per heavy atom. The van der Waals surface area contributed by atoms with Crippen LogP contribution in [0.3, 0.4) is 0 Å². The van der Waals surface area contributed by atoms with Crippen molar-refractivity contribution < 1.29 is 27.5 Å². The van der Waals surface area contributed by atoms with Crippen molar-refractivity contribution in [3.8, 4) is 0 Å². The van der Waals surface area contributed by atoms with Crippen molar-refractivity contribution in [1.82, 2.24) is 9.88 Å². The van der Waals surface area contributed by atoms with E-state index >= 15 is 0 Å². The highest BCUT2D eigenvalue weighted by Crippen LogP contribution is 2.18. The number of aryl methyl sites for hydroxylation is 1. The summed E-state index contributed by atoms with van der Waals surface area (Å²) in [6.45, 7) is 1.92. The predicted octanol–water partition coefficient (Wildman–Crippen LogP) is 2.99. The van der Waals surface area contributed by atoms with Crippen LogP contribution in [0.1, 0.15) is 27.3 Å². The van der Waals surface area contributed by atoms with E-state index in [-0.39, 0.29) is 5.56 Å². The van der Waals surface area contributed by atoms with Gasteiger partial charge in [0.1, 0.15) is 6.54 Å². The van der Waals surface area contributed by atoms with Gasteiger partial charge in [-0.25, -0.2) is 4.79 Å². The van der Waals surface area contributed by atoms with Gasteiger partial charge in [-0.05, 0) is 25.5 Å². The monoisotopic (exact) mass is 368 g/mol. The van der Waals surface area contributed by atoms with E-state index in [0.29, 0.717) is 12.2 Å². The maximum atomic E-state index is 12.2. The van der Waals surface area contributed by atoms with E-state index in [4.69, 9.17) is 4.74 Å². The Morgan fingerprint density at radius 2 is 1.81 bits per heavy atom. The Balaban J connectivity index is 1.99. The van der Waals surface area contributed by atoms with E-state index in [0.717, 1.165) is 11.3 Å². The minimum absolute atomic E-state index is 0.280. The first kappa shape index (κ1) is 19.6. The zero-order chi connectivity index (χ0) is 19.3. The van der Waals surface area contributed by atoms with Gasteiger partial charge in [-0.15, -0.1) is 0 Å². The third-order valence-electron chi connectivity index (χ3n) is 3.80. The lowest BCUT2D eigenvalue weighted by Crippen LogP contribution is -2.36. The number of hydrogen-bond donors (Lipinski definition) is 1. The second-order valence-corrected chi connectivity index (χ2v) is 5.82. The van der Waals surface area contributed by atoms with Crippen LogP contribution in [0.4, 0.5) is 13.2 Å². The number of carbonyl (C=O) groups is 2. The number of nitrogens with zero attached hydrogens (tertiary/aromatic N) is 1. The molecular formula is C18H19F3N2O3. The number of ether oxygens (including phenoxy) is 1. The molecule has 0 saturated carbocycles. The highest BCUT2D eigenvalue weighted by atomic mass is 19.4. The molecule has 140 valence electrons. The van der Waals surface area contributed by atoms with E-state index in [1.807, 2.05) is 41.8 Å². The number of amides is 1. The molecule has 2 aromatic rings. The summed E-state index contributed by atoms with van der Waals surface area (Å²) in [5, 5.41) is 1.65. The summed E-state index contributed by atoms with van der Waals surface area (Å²) >= 11 is 0. The van der Waals surface area contributed by atoms with Crippen LogP contribution in [0.15, 0.2) is 36.4 Å². The number of carbonyl (C=O) groups excluding carboxylic acids is 2. The van der Waals surface area contributed by atoms with Gasteiger partial charge in [-0.3, -0.25) is 4.79 Å². The van der Waals surface area contributed by atoms with Crippen molar-refractivity contribution in [2.24, 2.45) is 0 Å². The largest absolute Gasteiger partial charge is 0.452 e. The summed E-state index contributed by atoms with van der Waals surface area (Å²) in [6.07, 6.45) is -4.51. The molecule has 1 aromatic heterocycles. The van der Waals surface area contributed by atoms with Crippen molar-refractivity contribution in [3.05, 3.63) is 58.9 Å². The van der Waals surface area contributed by atoms with Crippen LogP contribution in [-0.4, -0.2) is 35.8 Å². The standard InChI is InChI=1S/C18H19F3N2O3/c1-12-8-15(13(2)23(12)9-14-6-4-3-5-7-14)17(25)26-10-16(24)22-11-18(19,20)21/h3-8H,9-11H2,1-2H3,(H,22,24). The highest BCUT2D eigenvalue weighted by Gasteiger charge is 2.28. The van der Waals surface area contributed by atoms with Gasteiger partial charge in [-0.1, -0.05) is 30.3 Å². The Hall–Kier alpha value is -2.77. The first-order chi connectivity index (χ1) is 12.2. The maximum absolute atomic E-state index is 12.2. The van der Waals surface area contributed by atoms with Gasteiger partial charge in [0.2, 0.25) is 0 Å². The summed E-state index contributed by atoms with van der Waals surface area (Å²) in [4.78, 5) is 23.5. The van der Waals surface area contributed by atoms with Crippen molar-refractivity contribution in [2.75, 3.05) is 13.2 Å². The van der Waals surface area contributed by atoms with E-state index in [2.05, 4.69) is 0 Å². The summed E-state index contributed by atoms with van der Waals surface area (Å²) in [6, 6.07) is 11.3. The molecule has 5 nitrogen and oxygen atoms in total. The zero-order valence-corrected chi connectivity index (χ0v) is 14.4. The van der Waals surface area contributed by atoms with Gasteiger partial charge >= 0.3 is 12.1 Å². The molecule has 1 heterocycles. The van der Waals surface area contributed by atoms with E-state index in [1.165, 1.54) is 0 Å². The zero-order valence-electron chi connectivity index (χ0n) is 14.4.